The van der Waals surface area contributed by atoms with E-state index in [0.717, 1.165) is 12.5 Å². The van der Waals surface area contributed by atoms with Crippen LogP contribution < -0.4 is 5.73 Å². The van der Waals surface area contributed by atoms with Gasteiger partial charge in [-0.1, -0.05) is 5.16 Å². The van der Waals surface area contributed by atoms with Crippen LogP contribution in [0.4, 0.5) is 13.2 Å². The van der Waals surface area contributed by atoms with Crippen molar-refractivity contribution in [1.82, 2.24) is 25.0 Å². The number of rotatable bonds is 6. The van der Waals surface area contributed by atoms with E-state index in [9.17, 15) is 18.0 Å². The van der Waals surface area contributed by atoms with Crippen molar-refractivity contribution in [1.29, 1.82) is 0 Å². The number of aromatic nitrogens is 4. The van der Waals surface area contributed by atoms with Crippen LogP contribution in [0, 0.1) is 17.5 Å². The maximum atomic E-state index is 13.9. The van der Waals surface area contributed by atoms with E-state index in [1.807, 2.05) is 0 Å². The van der Waals surface area contributed by atoms with Crippen molar-refractivity contribution in [3.8, 4) is 11.5 Å². The van der Waals surface area contributed by atoms with Gasteiger partial charge in [0.2, 0.25) is 17.6 Å². The average molecular weight is 478 g/mol. The molecule has 3 heterocycles. The third-order valence-electron chi connectivity index (χ3n) is 5.10. The van der Waals surface area contributed by atoms with E-state index in [2.05, 4.69) is 20.1 Å². The highest BCUT2D eigenvalue weighted by molar-refractivity contribution is 5.77. The monoisotopic (exact) mass is 478 g/mol. The minimum Gasteiger partial charge on any atom is -0.483 e. The summed E-state index contributed by atoms with van der Waals surface area (Å²) in [5.41, 5.74) is 6.37. The molecule has 1 aliphatic rings. The molecule has 1 saturated heterocycles. The lowest BCUT2D eigenvalue weighted by Crippen LogP contribution is -2.36. The lowest BCUT2D eigenvalue weighted by molar-refractivity contribution is -0.133. The maximum Gasteiger partial charge on any atom is 0.290 e. The van der Waals surface area contributed by atoms with Crippen LogP contribution >= 0.6 is 0 Å². The van der Waals surface area contributed by atoms with Crippen molar-refractivity contribution in [2.45, 2.75) is 37.8 Å². The Kier molecular flexibility index (Phi) is 8.24. The van der Waals surface area contributed by atoms with Gasteiger partial charge >= 0.3 is 0 Å². The molecule has 3 N–H and O–H groups in total. The van der Waals surface area contributed by atoms with Gasteiger partial charge in [0.1, 0.15) is 17.6 Å². The van der Waals surface area contributed by atoms with Gasteiger partial charge in [-0.25, -0.2) is 18.2 Å². The summed E-state index contributed by atoms with van der Waals surface area (Å²) in [6.45, 7) is 0.235. The van der Waals surface area contributed by atoms with Crippen LogP contribution in [-0.4, -0.2) is 55.1 Å². The van der Waals surface area contributed by atoms with Crippen LogP contribution in [0.2, 0.25) is 0 Å². The minimum atomic E-state index is -1.27. The zero-order valence-electron chi connectivity index (χ0n) is 17.8. The molecule has 180 valence electrons. The maximum absolute atomic E-state index is 13.9. The molecular formula is C21H21F3N6O4. The summed E-state index contributed by atoms with van der Waals surface area (Å²) in [5.74, 6) is -3.05. The number of nitrogens with two attached hydrogens (primary N) is 1. The lowest BCUT2D eigenvalue weighted by atomic mass is 10.0. The Bertz CT molecular complexity index is 1130. The van der Waals surface area contributed by atoms with Crippen molar-refractivity contribution >= 4 is 12.4 Å². The van der Waals surface area contributed by atoms with E-state index in [0.29, 0.717) is 24.7 Å². The van der Waals surface area contributed by atoms with E-state index < -0.39 is 29.5 Å². The first kappa shape index (κ1) is 24.8. The van der Waals surface area contributed by atoms with E-state index in [-0.39, 0.29) is 42.5 Å². The van der Waals surface area contributed by atoms with Gasteiger partial charge in [0, 0.05) is 37.5 Å². The minimum absolute atomic E-state index is 0.0808. The molecule has 1 fully saturated rings. The van der Waals surface area contributed by atoms with E-state index >= 15 is 0 Å². The predicted molar refractivity (Wildman–Crippen MR) is 110 cm³/mol. The molecule has 3 aromatic rings. The molecule has 2 atom stereocenters. The highest BCUT2D eigenvalue weighted by atomic mass is 19.2. The Labute approximate surface area is 191 Å². The highest BCUT2D eigenvalue weighted by Crippen LogP contribution is 2.32. The first-order valence-corrected chi connectivity index (χ1v) is 10.2. The number of hydrogen-bond donors (Lipinski definition) is 2. The largest absolute Gasteiger partial charge is 0.483 e. The second kappa shape index (κ2) is 11.3. The fourth-order valence-electron chi connectivity index (χ4n) is 3.63. The first-order valence-electron chi connectivity index (χ1n) is 10.2. The number of carboxylic acid groups (broad SMARTS) is 1. The lowest BCUT2D eigenvalue weighted by Gasteiger charge is -2.23. The van der Waals surface area contributed by atoms with Crippen molar-refractivity contribution < 1.29 is 32.4 Å². The van der Waals surface area contributed by atoms with Gasteiger partial charge < -0.3 is 20.3 Å². The number of carbonyl (C=O) groups excluding carboxylic acids is 1. The molecule has 10 nitrogen and oxygen atoms in total. The summed E-state index contributed by atoms with van der Waals surface area (Å²) >= 11 is 0. The second-order valence-electron chi connectivity index (χ2n) is 7.42. The molecule has 0 aliphatic carbocycles. The van der Waals surface area contributed by atoms with Crippen molar-refractivity contribution in [2.75, 3.05) is 6.54 Å². The molecule has 0 saturated carbocycles. The smallest absolute Gasteiger partial charge is 0.290 e. The SMILES string of the molecule is N[C@@H](CC(=O)N1CCC[C@H]1c1nc(-c2cnccn2)no1)Cc1cc(F)c(F)cc1F.O=CO. The summed E-state index contributed by atoms with van der Waals surface area (Å²) in [4.78, 5) is 35.2. The van der Waals surface area contributed by atoms with Gasteiger partial charge in [0.25, 0.3) is 6.47 Å². The van der Waals surface area contributed by atoms with Crippen molar-refractivity contribution in [2.24, 2.45) is 5.73 Å². The van der Waals surface area contributed by atoms with Gasteiger partial charge in [0.15, 0.2) is 11.6 Å². The van der Waals surface area contributed by atoms with Gasteiger partial charge in [-0.15, -0.1) is 0 Å². The summed E-state index contributed by atoms with van der Waals surface area (Å²) in [6, 6.07) is 0.0590. The van der Waals surface area contributed by atoms with Crippen LogP contribution in [0.3, 0.4) is 0 Å². The number of amides is 1. The van der Waals surface area contributed by atoms with Gasteiger partial charge in [0.05, 0.1) is 6.20 Å². The summed E-state index contributed by atoms with van der Waals surface area (Å²) in [5, 5.41) is 10.8. The number of carbonyl (C=O) groups is 2. The summed E-state index contributed by atoms with van der Waals surface area (Å²) < 4.78 is 45.7. The molecule has 13 heteroatoms. The number of hydrogen-bond acceptors (Lipinski definition) is 8. The van der Waals surface area contributed by atoms with Crippen molar-refractivity contribution in [3.63, 3.8) is 0 Å². The van der Waals surface area contributed by atoms with E-state index in [1.165, 1.54) is 18.6 Å². The molecule has 0 spiro atoms. The molecule has 1 aromatic carbocycles. The predicted octanol–water partition coefficient (Wildman–Crippen LogP) is 2.27. The van der Waals surface area contributed by atoms with Crippen LogP contribution in [-0.2, 0) is 16.0 Å². The average Bonchev–Trinajstić information content (AvgIpc) is 3.48. The third kappa shape index (κ3) is 5.92. The van der Waals surface area contributed by atoms with Gasteiger partial charge in [-0.05, 0) is 30.9 Å². The molecule has 1 aliphatic heterocycles. The molecule has 2 aromatic heterocycles. The Morgan fingerprint density at radius 1 is 1.26 bits per heavy atom. The number of halogens is 3. The number of likely N-dealkylation sites (tertiary alicyclic amines) is 1. The van der Waals surface area contributed by atoms with Crippen LogP contribution in [0.15, 0.2) is 35.2 Å². The fraction of sp³-hybridized carbons (Fsp3) is 0.333. The molecular weight excluding hydrogens is 457 g/mol. The van der Waals surface area contributed by atoms with Crippen molar-refractivity contribution in [3.05, 3.63) is 59.6 Å². The van der Waals surface area contributed by atoms with Gasteiger partial charge in [-0.3, -0.25) is 14.6 Å². The number of benzene rings is 1. The van der Waals surface area contributed by atoms with E-state index in [4.69, 9.17) is 20.2 Å². The summed E-state index contributed by atoms with van der Waals surface area (Å²) in [6.07, 6.45) is 5.71. The number of nitrogens with zero attached hydrogens (tertiary/aromatic N) is 5. The zero-order valence-corrected chi connectivity index (χ0v) is 17.8. The standard InChI is InChI=1S/C20H19F3N6O2.CH2O2/c21-13-9-15(23)14(22)7-11(13)6-12(24)8-18(30)29-5-1-2-17(29)20-27-19(28-31-20)16-10-25-3-4-26-16;2-1-3/h3-4,7,9-10,12,17H,1-2,5-6,8,24H2;1H,(H,2,3)/t12-,17+;/m1./s1. The highest BCUT2D eigenvalue weighted by Gasteiger charge is 2.34. The second-order valence-corrected chi connectivity index (χ2v) is 7.42. The van der Waals surface area contributed by atoms with E-state index in [1.54, 1.807) is 4.90 Å². The molecule has 0 unspecified atom stereocenters. The normalized spacial score (nSPS) is 16.0. The quantitative estimate of drug-likeness (QED) is 0.402. The zero-order chi connectivity index (χ0) is 24.7. The third-order valence-corrected chi connectivity index (χ3v) is 5.10. The van der Waals surface area contributed by atoms with Crippen LogP contribution in [0.1, 0.15) is 36.8 Å². The molecule has 0 radical (unpaired) electrons. The van der Waals surface area contributed by atoms with Crippen LogP contribution in [0.5, 0.6) is 0 Å². The molecule has 1 amide bonds. The molecule has 4 rings (SSSR count). The molecule has 34 heavy (non-hydrogen) atoms. The van der Waals surface area contributed by atoms with Gasteiger partial charge in [-0.2, -0.15) is 4.98 Å². The fourth-order valence-corrected chi connectivity index (χ4v) is 3.63. The Morgan fingerprint density at radius 2 is 2.00 bits per heavy atom. The Hall–Kier alpha value is -3.87. The first-order chi connectivity index (χ1) is 16.3. The Morgan fingerprint density at radius 3 is 2.71 bits per heavy atom. The topological polar surface area (TPSA) is 148 Å². The molecule has 0 bridgehead atoms. The van der Waals surface area contributed by atoms with Crippen LogP contribution in [0.25, 0.3) is 11.5 Å². The Balaban J connectivity index is 0.00000103. The summed E-state index contributed by atoms with van der Waals surface area (Å²) in [7, 11) is 0.